The second kappa shape index (κ2) is 14.0. The number of carbonyl (C=O) groups is 2. The molecule has 1 N–H and O–H groups in total. The molecule has 0 bridgehead atoms. The standard InChI is InChI=1S/C32H35ClF3N3O4S/c1-3-28(31(41)37-25-12-7-8-13-25)38(20-23-11-9-10-22(2)18-23)30(40)21-39(44(42,43)26-14-5-4-6-15-26)29-19-24(32(34,35)36)16-17-27(29)33/h4-6,9-11,14-19,25,28H,3,7-8,12-13,20-21H2,1-2H3,(H,37,41)/t28-/m0/s1. The molecule has 3 aromatic carbocycles. The highest BCUT2D eigenvalue weighted by Crippen LogP contribution is 2.37. The van der Waals surface area contributed by atoms with Crippen molar-refractivity contribution in [3.05, 3.63) is 94.5 Å². The average Bonchev–Trinajstić information content (AvgIpc) is 3.49. The first kappa shape index (κ1) is 33.3. The van der Waals surface area contributed by atoms with E-state index in [1.807, 2.05) is 19.1 Å². The number of rotatable bonds is 11. The molecule has 0 aromatic heterocycles. The van der Waals surface area contributed by atoms with Crippen molar-refractivity contribution in [1.82, 2.24) is 10.2 Å². The van der Waals surface area contributed by atoms with E-state index in [0.29, 0.717) is 15.9 Å². The Morgan fingerprint density at radius 2 is 1.68 bits per heavy atom. The second-order valence-corrected chi connectivity index (χ2v) is 13.2. The van der Waals surface area contributed by atoms with Crippen molar-refractivity contribution in [3.63, 3.8) is 0 Å². The molecular weight excluding hydrogens is 615 g/mol. The first-order valence-electron chi connectivity index (χ1n) is 14.4. The monoisotopic (exact) mass is 649 g/mol. The van der Waals surface area contributed by atoms with E-state index in [4.69, 9.17) is 11.6 Å². The van der Waals surface area contributed by atoms with Crippen LogP contribution in [0.3, 0.4) is 0 Å². The Balaban J connectivity index is 1.78. The van der Waals surface area contributed by atoms with Crippen molar-refractivity contribution in [2.24, 2.45) is 0 Å². The molecule has 1 saturated carbocycles. The van der Waals surface area contributed by atoms with Gasteiger partial charge in [0.15, 0.2) is 0 Å². The van der Waals surface area contributed by atoms with E-state index in [1.54, 1.807) is 25.1 Å². The van der Waals surface area contributed by atoms with E-state index in [-0.39, 0.29) is 34.8 Å². The average molecular weight is 650 g/mol. The summed E-state index contributed by atoms with van der Waals surface area (Å²) in [6.45, 7) is 2.71. The van der Waals surface area contributed by atoms with Crippen molar-refractivity contribution in [2.45, 2.75) is 75.7 Å². The normalized spacial score (nSPS) is 14.7. The fourth-order valence-corrected chi connectivity index (χ4v) is 7.12. The predicted molar refractivity (Wildman–Crippen MR) is 164 cm³/mol. The van der Waals surface area contributed by atoms with Crippen molar-refractivity contribution in [1.29, 1.82) is 0 Å². The van der Waals surface area contributed by atoms with Gasteiger partial charge in [-0.1, -0.05) is 79.4 Å². The highest BCUT2D eigenvalue weighted by molar-refractivity contribution is 7.92. The van der Waals surface area contributed by atoms with Crippen LogP contribution in [0, 0.1) is 6.92 Å². The number of anilines is 1. The largest absolute Gasteiger partial charge is 0.416 e. The summed E-state index contributed by atoms with van der Waals surface area (Å²) in [5.74, 6) is -1.14. The summed E-state index contributed by atoms with van der Waals surface area (Å²) in [5.41, 5.74) is -0.00308. The summed E-state index contributed by atoms with van der Waals surface area (Å²) < 4.78 is 69.7. The molecule has 1 aliphatic rings. The van der Waals surface area contributed by atoms with Crippen LogP contribution in [0.2, 0.25) is 5.02 Å². The molecule has 2 amide bonds. The lowest BCUT2D eigenvalue weighted by atomic mass is 10.1. The zero-order chi connectivity index (χ0) is 32.1. The summed E-state index contributed by atoms with van der Waals surface area (Å²) in [4.78, 5) is 28.8. The fraction of sp³-hybridized carbons (Fsp3) is 0.375. The molecule has 0 aliphatic heterocycles. The number of halogens is 4. The van der Waals surface area contributed by atoms with Crippen LogP contribution < -0.4 is 9.62 Å². The Hall–Kier alpha value is -3.57. The molecule has 0 heterocycles. The molecule has 0 unspecified atom stereocenters. The zero-order valence-corrected chi connectivity index (χ0v) is 26.1. The van der Waals surface area contributed by atoms with Gasteiger partial charge in [-0.05, 0) is 62.1 Å². The quantitative estimate of drug-likeness (QED) is 0.250. The van der Waals surface area contributed by atoms with Crippen LogP contribution in [-0.2, 0) is 32.3 Å². The molecule has 1 fully saturated rings. The summed E-state index contributed by atoms with van der Waals surface area (Å²) in [6.07, 6.45) is -0.952. The van der Waals surface area contributed by atoms with Gasteiger partial charge in [-0.3, -0.25) is 13.9 Å². The van der Waals surface area contributed by atoms with Gasteiger partial charge in [-0.25, -0.2) is 8.42 Å². The highest BCUT2D eigenvalue weighted by atomic mass is 35.5. The summed E-state index contributed by atoms with van der Waals surface area (Å²) in [7, 11) is -4.58. The van der Waals surface area contributed by atoms with Crippen molar-refractivity contribution in [3.8, 4) is 0 Å². The molecule has 0 spiro atoms. The second-order valence-electron chi connectivity index (χ2n) is 10.9. The minimum atomic E-state index is -4.80. The van der Waals surface area contributed by atoms with Crippen LogP contribution in [0.25, 0.3) is 0 Å². The predicted octanol–water partition coefficient (Wildman–Crippen LogP) is 6.73. The van der Waals surface area contributed by atoms with E-state index in [2.05, 4.69) is 5.32 Å². The number of benzene rings is 3. The Kier molecular flexibility index (Phi) is 10.6. The maximum atomic E-state index is 14.2. The lowest BCUT2D eigenvalue weighted by Crippen LogP contribution is -2.53. The van der Waals surface area contributed by atoms with E-state index >= 15 is 0 Å². The van der Waals surface area contributed by atoms with Gasteiger partial charge in [-0.2, -0.15) is 13.2 Å². The van der Waals surface area contributed by atoms with Crippen LogP contribution in [-0.4, -0.2) is 43.8 Å². The topological polar surface area (TPSA) is 86.8 Å². The summed E-state index contributed by atoms with van der Waals surface area (Å²) in [5, 5.41) is 2.74. The van der Waals surface area contributed by atoms with Gasteiger partial charge in [0.1, 0.15) is 12.6 Å². The maximum absolute atomic E-state index is 14.2. The smallest absolute Gasteiger partial charge is 0.352 e. The third-order valence-corrected chi connectivity index (χ3v) is 9.77. The minimum absolute atomic E-state index is 0.0212. The van der Waals surface area contributed by atoms with Gasteiger partial charge in [0.25, 0.3) is 10.0 Å². The molecule has 0 saturated heterocycles. The first-order valence-corrected chi connectivity index (χ1v) is 16.2. The zero-order valence-electron chi connectivity index (χ0n) is 24.5. The lowest BCUT2D eigenvalue weighted by Gasteiger charge is -2.34. The van der Waals surface area contributed by atoms with Crippen LogP contribution in [0.5, 0.6) is 0 Å². The van der Waals surface area contributed by atoms with Gasteiger partial charge in [0, 0.05) is 12.6 Å². The third-order valence-electron chi connectivity index (χ3n) is 7.68. The van der Waals surface area contributed by atoms with Gasteiger partial charge >= 0.3 is 6.18 Å². The van der Waals surface area contributed by atoms with Crippen LogP contribution in [0.4, 0.5) is 18.9 Å². The number of hydrogen-bond donors (Lipinski definition) is 1. The SMILES string of the molecule is CC[C@@H](C(=O)NC1CCCC1)N(Cc1cccc(C)c1)C(=O)CN(c1cc(C(F)(F)F)ccc1Cl)S(=O)(=O)c1ccccc1. The highest BCUT2D eigenvalue weighted by Gasteiger charge is 2.37. The molecule has 1 aliphatic carbocycles. The van der Waals surface area contributed by atoms with Gasteiger partial charge < -0.3 is 10.2 Å². The van der Waals surface area contributed by atoms with E-state index < -0.39 is 45.9 Å². The number of amides is 2. The molecule has 3 aromatic rings. The molecule has 0 radical (unpaired) electrons. The fourth-order valence-electron chi connectivity index (χ4n) is 5.41. The molecule has 1 atom stereocenters. The van der Waals surface area contributed by atoms with E-state index in [9.17, 15) is 31.2 Å². The molecule has 7 nitrogen and oxygen atoms in total. The maximum Gasteiger partial charge on any atom is 0.416 e. The summed E-state index contributed by atoms with van der Waals surface area (Å²) >= 11 is 6.32. The van der Waals surface area contributed by atoms with E-state index in [0.717, 1.165) is 43.4 Å². The minimum Gasteiger partial charge on any atom is -0.352 e. The van der Waals surface area contributed by atoms with Crippen molar-refractivity contribution < 1.29 is 31.2 Å². The van der Waals surface area contributed by atoms with Crippen molar-refractivity contribution in [2.75, 3.05) is 10.8 Å². The van der Waals surface area contributed by atoms with Crippen molar-refractivity contribution >= 4 is 39.1 Å². The van der Waals surface area contributed by atoms with Gasteiger partial charge in [0.2, 0.25) is 11.8 Å². The molecule has 12 heteroatoms. The number of nitrogens with one attached hydrogen (secondary N) is 1. The number of aryl methyl sites for hydroxylation is 1. The third kappa shape index (κ3) is 7.92. The molecule has 44 heavy (non-hydrogen) atoms. The van der Waals surface area contributed by atoms with Crippen LogP contribution in [0.1, 0.15) is 55.7 Å². The molecule has 236 valence electrons. The lowest BCUT2D eigenvalue weighted by molar-refractivity contribution is -0.140. The summed E-state index contributed by atoms with van der Waals surface area (Å²) in [6, 6.07) is 15.7. The van der Waals surface area contributed by atoms with Crippen LogP contribution in [0.15, 0.2) is 77.7 Å². The first-order chi connectivity index (χ1) is 20.8. The number of nitrogens with zero attached hydrogens (tertiary/aromatic N) is 2. The number of alkyl halides is 3. The van der Waals surface area contributed by atoms with Crippen LogP contribution >= 0.6 is 11.6 Å². The molecule has 4 rings (SSSR count). The Morgan fingerprint density at radius 1 is 1.00 bits per heavy atom. The number of hydrogen-bond acceptors (Lipinski definition) is 4. The number of sulfonamides is 1. The van der Waals surface area contributed by atoms with Gasteiger partial charge in [-0.15, -0.1) is 0 Å². The Labute approximate surface area is 261 Å². The van der Waals surface area contributed by atoms with Gasteiger partial charge in [0.05, 0.1) is 21.2 Å². The molecular formula is C32H35ClF3N3O4S. The Bertz CT molecular complexity index is 1580. The number of carbonyl (C=O) groups excluding carboxylic acids is 2. The Morgan fingerprint density at radius 3 is 2.30 bits per heavy atom. The van der Waals surface area contributed by atoms with E-state index in [1.165, 1.54) is 29.2 Å².